The summed E-state index contributed by atoms with van der Waals surface area (Å²) >= 11 is 0. The van der Waals surface area contributed by atoms with Crippen LogP contribution in [0.25, 0.3) is 11.6 Å². The van der Waals surface area contributed by atoms with Gasteiger partial charge in [-0.05, 0) is 61.2 Å². The van der Waals surface area contributed by atoms with Gasteiger partial charge in [0.05, 0.1) is 11.7 Å². The van der Waals surface area contributed by atoms with Crippen LogP contribution in [-0.2, 0) is 11.2 Å². The predicted octanol–water partition coefficient (Wildman–Crippen LogP) is 3.37. The molecule has 3 heterocycles. The van der Waals surface area contributed by atoms with E-state index in [0.29, 0.717) is 11.1 Å². The third-order valence-electron chi connectivity index (χ3n) is 5.46. The Morgan fingerprint density at radius 2 is 2.24 bits per heavy atom. The van der Waals surface area contributed by atoms with Gasteiger partial charge in [0, 0.05) is 30.4 Å². The van der Waals surface area contributed by atoms with Crippen LogP contribution in [0, 0.1) is 5.82 Å². The maximum atomic E-state index is 14.8. The minimum atomic E-state index is -0.649. The first-order chi connectivity index (χ1) is 14.2. The number of rotatable bonds is 6. The van der Waals surface area contributed by atoms with Gasteiger partial charge in [0.2, 0.25) is 0 Å². The molecule has 0 aliphatic carbocycles. The van der Waals surface area contributed by atoms with E-state index in [2.05, 4.69) is 16.1 Å². The van der Waals surface area contributed by atoms with Gasteiger partial charge < -0.3 is 0 Å². The molecular weight excluding hydrogens is 371 g/mol. The third-order valence-corrected chi connectivity index (χ3v) is 5.46. The lowest BCUT2D eigenvalue weighted by molar-refractivity contribution is -0.124. The van der Waals surface area contributed by atoms with Gasteiger partial charge in [-0.2, -0.15) is 5.10 Å². The molecule has 0 radical (unpaired) electrons. The molecular formula is C22H23FN4O2. The highest BCUT2D eigenvalue weighted by Gasteiger charge is 2.28. The summed E-state index contributed by atoms with van der Waals surface area (Å²) in [6, 6.07) is 11.1. The molecule has 0 saturated carbocycles. The van der Waals surface area contributed by atoms with Crippen molar-refractivity contribution in [1.29, 1.82) is 0 Å². The van der Waals surface area contributed by atoms with Crippen molar-refractivity contribution in [2.45, 2.75) is 25.3 Å². The van der Waals surface area contributed by atoms with Gasteiger partial charge in [-0.15, -0.1) is 0 Å². The Labute approximate surface area is 168 Å². The van der Waals surface area contributed by atoms with E-state index in [-0.39, 0.29) is 11.9 Å². The predicted molar refractivity (Wildman–Crippen MR) is 108 cm³/mol. The number of benzene rings is 1. The fraction of sp³-hybridized carbons (Fsp3) is 0.273. The van der Waals surface area contributed by atoms with Gasteiger partial charge >= 0.3 is 0 Å². The molecule has 0 spiro atoms. The zero-order valence-corrected chi connectivity index (χ0v) is 16.0. The molecule has 1 aliphatic rings. The van der Waals surface area contributed by atoms with E-state index >= 15 is 0 Å². The van der Waals surface area contributed by atoms with Crippen LogP contribution in [0.3, 0.4) is 0 Å². The minimum absolute atomic E-state index is 0.0515. The molecule has 1 aliphatic heterocycles. The third kappa shape index (κ3) is 4.21. The average molecular weight is 394 g/mol. The van der Waals surface area contributed by atoms with Crippen LogP contribution in [0.15, 0.2) is 54.9 Å². The normalized spacial score (nSPS) is 17.4. The van der Waals surface area contributed by atoms with E-state index in [4.69, 9.17) is 5.21 Å². The standard InChI is InChI=1S/C22H23FN4O2/c23-19-14-16(7-9-22(28)25-29)6-8-18(19)21-5-3-11-26(21)13-10-17-15-24-27-12-2-1-4-20(17)27/h1-2,4,6-9,12,14-15,21,29H,3,5,10-11,13H2,(H,25,28)/b9-7+/t21-/m0/s1. The van der Waals surface area contributed by atoms with Gasteiger partial charge in [0.1, 0.15) is 5.82 Å². The highest BCUT2D eigenvalue weighted by atomic mass is 19.1. The zero-order chi connectivity index (χ0) is 20.2. The molecule has 1 aromatic carbocycles. The van der Waals surface area contributed by atoms with Crippen LogP contribution in [0.4, 0.5) is 4.39 Å². The Bertz CT molecular complexity index is 1050. The Morgan fingerprint density at radius 1 is 1.34 bits per heavy atom. The summed E-state index contributed by atoms with van der Waals surface area (Å²) in [5.41, 5.74) is 5.08. The van der Waals surface area contributed by atoms with Crippen LogP contribution in [-0.4, -0.2) is 38.7 Å². The number of carbonyl (C=O) groups is 1. The Morgan fingerprint density at radius 3 is 3.07 bits per heavy atom. The number of carbonyl (C=O) groups excluding carboxylic acids is 1. The molecule has 6 nitrogen and oxygen atoms in total. The summed E-state index contributed by atoms with van der Waals surface area (Å²) < 4.78 is 16.7. The van der Waals surface area contributed by atoms with Crippen molar-refractivity contribution in [1.82, 2.24) is 20.0 Å². The van der Waals surface area contributed by atoms with Gasteiger partial charge in [-0.1, -0.05) is 18.2 Å². The van der Waals surface area contributed by atoms with E-state index in [1.54, 1.807) is 12.1 Å². The van der Waals surface area contributed by atoms with Crippen molar-refractivity contribution >= 4 is 17.5 Å². The second-order valence-corrected chi connectivity index (χ2v) is 7.23. The lowest BCUT2D eigenvalue weighted by Gasteiger charge is -2.25. The first-order valence-corrected chi connectivity index (χ1v) is 9.72. The molecule has 2 N–H and O–H groups in total. The largest absolute Gasteiger partial charge is 0.296 e. The number of likely N-dealkylation sites (tertiary alicyclic amines) is 1. The molecule has 29 heavy (non-hydrogen) atoms. The second-order valence-electron chi connectivity index (χ2n) is 7.23. The Kier molecular flexibility index (Phi) is 5.69. The fourth-order valence-electron chi connectivity index (χ4n) is 4.02. The first kappa shape index (κ1) is 19.3. The van der Waals surface area contributed by atoms with Crippen LogP contribution < -0.4 is 5.48 Å². The summed E-state index contributed by atoms with van der Waals surface area (Å²) in [5.74, 6) is -0.923. The number of pyridine rings is 1. The summed E-state index contributed by atoms with van der Waals surface area (Å²) in [4.78, 5) is 13.4. The van der Waals surface area contributed by atoms with Crippen molar-refractivity contribution < 1.29 is 14.4 Å². The van der Waals surface area contributed by atoms with Crippen molar-refractivity contribution in [2.75, 3.05) is 13.1 Å². The van der Waals surface area contributed by atoms with Crippen LogP contribution >= 0.6 is 0 Å². The molecule has 1 atom stereocenters. The SMILES string of the molecule is O=C(/C=C/c1ccc([C@@H]2CCCN2CCc2cnn3ccccc23)c(F)c1)NO. The summed E-state index contributed by atoms with van der Waals surface area (Å²) in [5, 5.41) is 12.9. The quantitative estimate of drug-likeness (QED) is 0.382. The van der Waals surface area contributed by atoms with Gasteiger partial charge in [0.15, 0.2) is 0 Å². The summed E-state index contributed by atoms with van der Waals surface area (Å²) in [6.45, 7) is 1.79. The molecule has 3 aromatic rings. The molecule has 0 bridgehead atoms. The molecule has 4 rings (SSSR count). The topological polar surface area (TPSA) is 69.9 Å². The number of hydrogen-bond donors (Lipinski definition) is 2. The monoisotopic (exact) mass is 394 g/mol. The number of hydroxylamine groups is 1. The van der Waals surface area contributed by atoms with Gasteiger partial charge in [0.25, 0.3) is 5.91 Å². The van der Waals surface area contributed by atoms with Gasteiger partial charge in [-0.25, -0.2) is 14.4 Å². The average Bonchev–Trinajstić information content (AvgIpc) is 3.37. The molecule has 150 valence electrons. The number of nitrogens with zero attached hydrogens (tertiary/aromatic N) is 3. The number of amides is 1. The first-order valence-electron chi connectivity index (χ1n) is 9.72. The number of hydrogen-bond acceptors (Lipinski definition) is 4. The van der Waals surface area contributed by atoms with E-state index in [1.807, 2.05) is 29.0 Å². The maximum Gasteiger partial charge on any atom is 0.267 e. The maximum absolute atomic E-state index is 14.8. The van der Waals surface area contributed by atoms with E-state index < -0.39 is 5.91 Å². The zero-order valence-electron chi connectivity index (χ0n) is 16.0. The van der Waals surface area contributed by atoms with Crippen LogP contribution in [0.1, 0.15) is 35.6 Å². The Hall–Kier alpha value is -3.03. The number of aromatic nitrogens is 2. The van der Waals surface area contributed by atoms with Crippen molar-refractivity contribution in [3.63, 3.8) is 0 Å². The Balaban J connectivity index is 1.46. The van der Waals surface area contributed by atoms with Crippen molar-refractivity contribution in [3.8, 4) is 0 Å². The summed E-state index contributed by atoms with van der Waals surface area (Å²) in [6.07, 6.45) is 9.30. The summed E-state index contributed by atoms with van der Waals surface area (Å²) in [7, 11) is 0. The van der Waals surface area contributed by atoms with Crippen molar-refractivity contribution in [3.05, 3.63) is 77.4 Å². The lowest BCUT2D eigenvalue weighted by atomic mass is 10.0. The second kappa shape index (κ2) is 8.55. The van der Waals surface area contributed by atoms with E-state index in [1.165, 1.54) is 23.2 Å². The molecule has 1 amide bonds. The van der Waals surface area contributed by atoms with Crippen molar-refractivity contribution in [2.24, 2.45) is 0 Å². The minimum Gasteiger partial charge on any atom is -0.296 e. The molecule has 2 aromatic heterocycles. The number of fused-ring (bicyclic) bond motifs is 1. The molecule has 0 unspecified atom stereocenters. The fourth-order valence-corrected chi connectivity index (χ4v) is 4.02. The highest BCUT2D eigenvalue weighted by Crippen LogP contribution is 2.34. The van der Waals surface area contributed by atoms with E-state index in [0.717, 1.165) is 43.9 Å². The van der Waals surface area contributed by atoms with Crippen LogP contribution in [0.5, 0.6) is 0 Å². The number of halogens is 1. The molecule has 1 saturated heterocycles. The number of nitrogens with one attached hydrogen (secondary N) is 1. The highest BCUT2D eigenvalue weighted by molar-refractivity contribution is 5.90. The smallest absolute Gasteiger partial charge is 0.267 e. The molecule has 7 heteroatoms. The van der Waals surface area contributed by atoms with E-state index in [9.17, 15) is 9.18 Å². The van der Waals surface area contributed by atoms with Crippen LogP contribution in [0.2, 0.25) is 0 Å². The van der Waals surface area contributed by atoms with Gasteiger partial charge in [-0.3, -0.25) is 14.9 Å². The molecule has 1 fully saturated rings. The lowest BCUT2D eigenvalue weighted by Crippen LogP contribution is -2.26.